The van der Waals surface area contributed by atoms with Crippen LogP contribution in [0.2, 0.25) is 0 Å². The molecule has 1 aromatic heterocycles. The number of ketones is 1. The highest BCUT2D eigenvalue weighted by atomic mass is 16.2. The van der Waals surface area contributed by atoms with Gasteiger partial charge in [0.1, 0.15) is 6.33 Å². The van der Waals surface area contributed by atoms with Gasteiger partial charge in [-0.1, -0.05) is 68.3 Å². The van der Waals surface area contributed by atoms with Crippen LogP contribution in [0, 0.1) is 0 Å². The van der Waals surface area contributed by atoms with E-state index in [0.29, 0.717) is 12.2 Å². The summed E-state index contributed by atoms with van der Waals surface area (Å²) < 4.78 is 3.06. The average Bonchev–Trinajstić information content (AvgIpc) is 3.27. The van der Waals surface area contributed by atoms with Crippen molar-refractivity contribution in [1.82, 2.24) is 19.2 Å². The molecule has 184 valence electrons. The molecule has 3 aromatic rings. The molecule has 0 aliphatic carbocycles. The maximum absolute atomic E-state index is 13.2. The molecule has 0 N–H and O–H groups in total. The zero-order valence-electron chi connectivity index (χ0n) is 21.1. The summed E-state index contributed by atoms with van der Waals surface area (Å²) in [5, 5.41) is 4.21. The maximum Gasteiger partial charge on any atom is 0.350 e. The van der Waals surface area contributed by atoms with Gasteiger partial charge in [-0.2, -0.15) is 5.10 Å². The third-order valence-corrected chi connectivity index (χ3v) is 6.75. The maximum atomic E-state index is 13.2. The van der Waals surface area contributed by atoms with Gasteiger partial charge in [-0.15, -0.1) is 0 Å². The summed E-state index contributed by atoms with van der Waals surface area (Å²) in [4.78, 5) is 28.1. The van der Waals surface area contributed by atoms with Gasteiger partial charge in [-0.25, -0.2) is 14.0 Å². The number of hydrogen-bond acceptors (Lipinski definition) is 4. The van der Waals surface area contributed by atoms with Crippen molar-refractivity contribution in [2.24, 2.45) is 0 Å². The Morgan fingerprint density at radius 2 is 1.77 bits per heavy atom. The summed E-state index contributed by atoms with van der Waals surface area (Å²) in [5.41, 5.74) is 4.20. The summed E-state index contributed by atoms with van der Waals surface area (Å²) in [7, 11) is 0. The molecular weight excluding hydrogens is 436 g/mol. The molecule has 0 amide bonds. The van der Waals surface area contributed by atoms with E-state index in [0.717, 1.165) is 55.6 Å². The number of carbonyl (C=O) groups is 1. The number of Topliss-reactive ketones (excluding diaryl/α,β-unsaturated/α-hetero) is 1. The van der Waals surface area contributed by atoms with E-state index in [2.05, 4.69) is 47.3 Å². The summed E-state index contributed by atoms with van der Waals surface area (Å²) in [6, 6.07) is 18.1. The fourth-order valence-corrected chi connectivity index (χ4v) is 4.79. The lowest BCUT2D eigenvalue weighted by atomic mass is 9.93. The van der Waals surface area contributed by atoms with Gasteiger partial charge >= 0.3 is 5.69 Å². The van der Waals surface area contributed by atoms with E-state index in [1.807, 2.05) is 44.2 Å². The Morgan fingerprint density at radius 3 is 2.37 bits per heavy atom. The summed E-state index contributed by atoms with van der Waals surface area (Å²) in [6.45, 7) is 7.65. The van der Waals surface area contributed by atoms with E-state index in [1.165, 1.54) is 10.3 Å². The van der Waals surface area contributed by atoms with Crippen molar-refractivity contribution in [3.05, 3.63) is 88.6 Å². The Kier molecular flexibility index (Phi) is 8.13. The van der Waals surface area contributed by atoms with Crippen molar-refractivity contribution in [2.75, 3.05) is 13.1 Å². The van der Waals surface area contributed by atoms with Gasteiger partial charge in [0.25, 0.3) is 0 Å². The second-order valence-corrected chi connectivity index (χ2v) is 9.58. The quantitative estimate of drug-likeness (QED) is 0.361. The van der Waals surface area contributed by atoms with Crippen LogP contribution in [0.5, 0.6) is 0 Å². The fourth-order valence-electron chi connectivity index (χ4n) is 4.79. The number of rotatable bonds is 10. The summed E-state index contributed by atoms with van der Waals surface area (Å²) in [5.74, 6) is 0.318. The first-order chi connectivity index (χ1) is 17.0. The Morgan fingerprint density at radius 1 is 1.03 bits per heavy atom. The van der Waals surface area contributed by atoms with Crippen molar-refractivity contribution >= 4 is 11.4 Å². The minimum absolute atomic E-state index is 0.0246. The predicted octanol–water partition coefficient (Wildman–Crippen LogP) is 5.59. The van der Waals surface area contributed by atoms with Crippen LogP contribution in [0.15, 0.2) is 71.8 Å². The molecule has 0 spiro atoms. The first-order valence-electron chi connectivity index (χ1n) is 12.8. The zero-order chi connectivity index (χ0) is 24.8. The predicted molar refractivity (Wildman–Crippen MR) is 141 cm³/mol. The minimum atomic E-state index is -0.183. The lowest BCUT2D eigenvalue weighted by molar-refractivity contribution is -0.124. The molecule has 0 radical (unpaired) electrons. The molecule has 1 atom stereocenters. The van der Waals surface area contributed by atoms with Gasteiger partial charge < -0.3 is 0 Å². The van der Waals surface area contributed by atoms with Gasteiger partial charge in [0.2, 0.25) is 0 Å². The summed E-state index contributed by atoms with van der Waals surface area (Å²) in [6.07, 6.45) is 8.52. The molecule has 6 heteroatoms. The topological polar surface area (TPSA) is 60.1 Å². The standard InChI is InChI=1S/C29H36N4O2/c1-4-5-7-12-27(34)28(25-10-8-6-9-11-25)31-19-17-24(18-20-31)23-13-15-26(16-14-23)32-21-30-33(22(2)3)29(32)35/h6,8-11,13-17,21-22,28H,4-5,7,12,18-20H2,1-3H3. The largest absolute Gasteiger partial charge is 0.350 e. The molecule has 6 nitrogen and oxygen atoms in total. The Hall–Kier alpha value is -3.25. The molecule has 35 heavy (non-hydrogen) atoms. The molecule has 4 rings (SSSR count). The Bertz CT molecular complexity index is 1210. The van der Waals surface area contributed by atoms with Crippen molar-refractivity contribution in [1.29, 1.82) is 0 Å². The van der Waals surface area contributed by atoms with Crippen molar-refractivity contribution in [3.63, 3.8) is 0 Å². The first-order valence-corrected chi connectivity index (χ1v) is 12.8. The molecule has 2 heterocycles. The Labute approximate surface area is 207 Å². The van der Waals surface area contributed by atoms with Crippen molar-refractivity contribution in [3.8, 4) is 5.69 Å². The van der Waals surface area contributed by atoms with E-state index in [1.54, 1.807) is 10.9 Å². The number of hydrogen-bond donors (Lipinski definition) is 0. The van der Waals surface area contributed by atoms with Crippen LogP contribution in [0.1, 0.15) is 76.1 Å². The number of carbonyl (C=O) groups excluding carboxylic acids is 1. The van der Waals surface area contributed by atoms with E-state index >= 15 is 0 Å². The van der Waals surface area contributed by atoms with Crippen molar-refractivity contribution in [2.45, 2.75) is 65.0 Å². The van der Waals surface area contributed by atoms with E-state index in [-0.39, 0.29) is 17.8 Å². The molecule has 1 aliphatic rings. The summed E-state index contributed by atoms with van der Waals surface area (Å²) >= 11 is 0. The SMILES string of the molecule is CCCCCC(=O)C(c1ccccc1)N1CC=C(c2ccc(-n3cnn(C(C)C)c3=O)cc2)CC1. The monoisotopic (exact) mass is 472 g/mol. The minimum Gasteiger partial charge on any atom is -0.298 e. The smallest absolute Gasteiger partial charge is 0.298 e. The molecule has 1 unspecified atom stereocenters. The normalized spacial score (nSPS) is 15.3. The second-order valence-electron chi connectivity index (χ2n) is 9.58. The van der Waals surface area contributed by atoms with E-state index < -0.39 is 0 Å². The zero-order valence-corrected chi connectivity index (χ0v) is 21.1. The van der Waals surface area contributed by atoms with Gasteiger partial charge in [0.05, 0.1) is 17.8 Å². The molecule has 0 saturated carbocycles. The van der Waals surface area contributed by atoms with E-state index in [4.69, 9.17) is 0 Å². The second kappa shape index (κ2) is 11.5. The van der Waals surface area contributed by atoms with E-state index in [9.17, 15) is 9.59 Å². The van der Waals surface area contributed by atoms with Crippen LogP contribution < -0.4 is 5.69 Å². The van der Waals surface area contributed by atoms with Crippen molar-refractivity contribution < 1.29 is 4.79 Å². The van der Waals surface area contributed by atoms with Gasteiger partial charge in [-0.3, -0.25) is 9.69 Å². The lowest BCUT2D eigenvalue weighted by Crippen LogP contribution is -2.37. The van der Waals surface area contributed by atoms with Crippen LogP contribution in [0.25, 0.3) is 11.3 Å². The van der Waals surface area contributed by atoms with Crippen LogP contribution >= 0.6 is 0 Å². The number of nitrogens with zero attached hydrogens (tertiary/aromatic N) is 4. The van der Waals surface area contributed by atoms with Gasteiger partial charge in [-0.05, 0) is 55.5 Å². The van der Waals surface area contributed by atoms with Gasteiger partial charge in [0, 0.05) is 19.5 Å². The average molecular weight is 473 g/mol. The number of benzene rings is 2. The molecule has 2 aromatic carbocycles. The number of aromatic nitrogens is 3. The molecule has 0 bridgehead atoms. The van der Waals surface area contributed by atoms with Crippen LogP contribution in [0.4, 0.5) is 0 Å². The highest BCUT2D eigenvalue weighted by Gasteiger charge is 2.28. The fraction of sp³-hybridized carbons (Fsp3) is 0.414. The first kappa shape index (κ1) is 24.9. The van der Waals surface area contributed by atoms with Crippen LogP contribution in [-0.4, -0.2) is 38.1 Å². The third kappa shape index (κ3) is 5.70. The molecule has 0 fully saturated rings. The highest BCUT2D eigenvalue weighted by molar-refractivity contribution is 5.85. The third-order valence-electron chi connectivity index (χ3n) is 6.75. The highest BCUT2D eigenvalue weighted by Crippen LogP contribution is 2.30. The number of unbranched alkanes of at least 4 members (excludes halogenated alkanes) is 2. The Balaban J connectivity index is 1.49. The van der Waals surface area contributed by atoms with Crippen LogP contribution in [-0.2, 0) is 4.79 Å². The molecule has 0 saturated heterocycles. The molecule has 1 aliphatic heterocycles. The lowest BCUT2D eigenvalue weighted by Gasteiger charge is -2.33. The molecular formula is C29H36N4O2. The van der Waals surface area contributed by atoms with Gasteiger partial charge in [0.15, 0.2) is 5.78 Å². The van der Waals surface area contributed by atoms with Crippen LogP contribution in [0.3, 0.4) is 0 Å².